The van der Waals surface area contributed by atoms with Crippen molar-refractivity contribution in [2.75, 3.05) is 11.9 Å². The highest BCUT2D eigenvalue weighted by Crippen LogP contribution is 2.25. The zero-order chi connectivity index (χ0) is 21.8. The summed E-state index contributed by atoms with van der Waals surface area (Å²) in [4.78, 5) is 37.4. The molecular formula is C23H20N4O4. The average molecular weight is 416 g/mol. The molecule has 31 heavy (non-hydrogen) atoms. The molecule has 1 aliphatic heterocycles. The largest absolute Gasteiger partial charge is 0.457 e. The van der Waals surface area contributed by atoms with Crippen LogP contribution in [0.15, 0.2) is 76.8 Å². The number of carbonyl (C=O) groups is 3. The van der Waals surface area contributed by atoms with E-state index >= 15 is 0 Å². The standard InChI is InChI=1S/C23H20N4O4/c24-13-21(28)25-17-8-6-16(7-9-17)20-11-10-18(31-20)12-19-22(29)27(23(30)26-19)14-15-4-2-1-3-5-15/h1-12H,13-14,24H2,(H,25,28)(H,26,30). The minimum Gasteiger partial charge on any atom is -0.457 e. The van der Waals surface area contributed by atoms with Gasteiger partial charge in [-0.3, -0.25) is 14.5 Å². The van der Waals surface area contributed by atoms with Crippen molar-refractivity contribution in [3.8, 4) is 11.3 Å². The lowest BCUT2D eigenvalue weighted by molar-refractivity contribution is -0.123. The number of nitrogens with one attached hydrogen (secondary N) is 2. The van der Waals surface area contributed by atoms with Gasteiger partial charge in [0.15, 0.2) is 0 Å². The van der Waals surface area contributed by atoms with E-state index in [0.29, 0.717) is 17.2 Å². The van der Waals surface area contributed by atoms with Gasteiger partial charge in [0.05, 0.1) is 13.1 Å². The van der Waals surface area contributed by atoms with Crippen molar-refractivity contribution < 1.29 is 18.8 Å². The van der Waals surface area contributed by atoms with Crippen molar-refractivity contribution in [2.24, 2.45) is 5.73 Å². The van der Waals surface area contributed by atoms with Gasteiger partial charge in [-0.05, 0) is 42.0 Å². The minimum absolute atomic E-state index is 0.0873. The number of amides is 4. The molecule has 0 aliphatic carbocycles. The summed E-state index contributed by atoms with van der Waals surface area (Å²) in [6.07, 6.45) is 1.50. The van der Waals surface area contributed by atoms with E-state index in [1.54, 1.807) is 36.4 Å². The van der Waals surface area contributed by atoms with Gasteiger partial charge in [-0.1, -0.05) is 30.3 Å². The SMILES string of the molecule is NCC(=O)Nc1ccc(-c2ccc(C=C3NC(=O)N(Cc4ccccc4)C3=O)o2)cc1. The molecule has 0 saturated carbocycles. The number of carbonyl (C=O) groups excluding carboxylic acids is 3. The maximum absolute atomic E-state index is 12.6. The van der Waals surface area contributed by atoms with Gasteiger partial charge >= 0.3 is 6.03 Å². The second-order valence-electron chi connectivity index (χ2n) is 6.90. The average Bonchev–Trinajstić information content (AvgIpc) is 3.35. The number of nitrogens with two attached hydrogens (primary N) is 1. The predicted molar refractivity (Wildman–Crippen MR) is 115 cm³/mol. The molecule has 2 aromatic carbocycles. The number of rotatable bonds is 6. The highest BCUT2D eigenvalue weighted by molar-refractivity contribution is 6.13. The summed E-state index contributed by atoms with van der Waals surface area (Å²) in [5.41, 5.74) is 7.73. The monoisotopic (exact) mass is 416 g/mol. The summed E-state index contributed by atoms with van der Waals surface area (Å²) >= 11 is 0. The fourth-order valence-electron chi connectivity index (χ4n) is 3.14. The zero-order valence-corrected chi connectivity index (χ0v) is 16.5. The van der Waals surface area contributed by atoms with Crippen LogP contribution in [0, 0.1) is 0 Å². The third-order valence-corrected chi connectivity index (χ3v) is 4.70. The highest BCUT2D eigenvalue weighted by atomic mass is 16.3. The van der Waals surface area contributed by atoms with Crippen LogP contribution < -0.4 is 16.4 Å². The third-order valence-electron chi connectivity index (χ3n) is 4.70. The molecule has 0 bridgehead atoms. The smallest absolute Gasteiger partial charge is 0.329 e. The molecule has 1 aliphatic rings. The van der Waals surface area contributed by atoms with Crippen LogP contribution in [0.3, 0.4) is 0 Å². The maximum Gasteiger partial charge on any atom is 0.329 e. The highest BCUT2D eigenvalue weighted by Gasteiger charge is 2.33. The molecule has 1 fully saturated rings. The lowest BCUT2D eigenvalue weighted by Gasteiger charge is -2.11. The maximum atomic E-state index is 12.6. The Labute approximate surface area is 178 Å². The van der Waals surface area contributed by atoms with Crippen LogP contribution in [0.2, 0.25) is 0 Å². The Hall–Kier alpha value is -4.17. The Balaban J connectivity index is 1.47. The first-order valence-corrected chi connectivity index (χ1v) is 9.62. The molecule has 0 unspecified atom stereocenters. The molecular weight excluding hydrogens is 396 g/mol. The van der Waals surface area contributed by atoms with Gasteiger partial charge in [0.2, 0.25) is 5.91 Å². The predicted octanol–water partition coefficient (Wildman–Crippen LogP) is 2.94. The fraction of sp³-hybridized carbons (Fsp3) is 0.0870. The van der Waals surface area contributed by atoms with E-state index in [9.17, 15) is 14.4 Å². The summed E-state index contributed by atoms with van der Waals surface area (Å²) in [6.45, 7) is 0.106. The number of benzene rings is 2. The minimum atomic E-state index is -0.470. The lowest BCUT2D eigenvalue weighted by Crippen LogP contribution is -2.30. The van der Waals surface area contributed by atoms with Gasteiger partial charge in [0, 0.05) is 17.3 Å². The summed E-state index contributed by atoms with van der Waals surface area (Å²) < 4.78 is 5.81. The molecule has 4 rings (SSSR count). The normalized spacial score (nSPS) is 14.7. The van der Waals surface area contributed by atoms with E-state index in [1.165, 1.54) is 6.08 Å². The van der Waals surface area contributed by atoms with Crippen molar-refractivity contribution in [2.45, 2.75) is 6.54 Å². The van der Waals surface area contributed by atoms with Crippen LogP contribution in [0.4, 0.5) is 10.5 Å². The summed E-state index contributed by atoms with van der Waals surface area (Å²) in [5, 5.41) is 5.26. The van der Waals surface area contributed by atoms with Crippen molar-refractivity contribution in [3.63, 3.8) is 0 Å². The van der Waals surface area contributed by atoms with Crippen molar-refractivity contribution in [1.82, 2.24) is 10.2 Å². The molecule has 0 radical (unpaired) electrons. The van der Waals surface area contributed by atoms with Crippen LogP contribution in [-0.4, -0.2) is 29.3 Å². The van der Waals surface area contributed by atoms with Crippen molar-refractivity contribution >= 4 is 29.6 Å². The Kier molecular flexibility index (Phi) is 5.63. The first-order valence-electron chi connectivity index (χ1n) is 9.62. The van der Waals surface area contributed by atoms with E-state index in [2.05, 4.69) is 10.6 Å². The molecule has 3 aromatic rings. The lowest BCUT2D eigenvalue weighted by atomic mass is 10.1. The second kappa shape index (κ2) is 8.68. The van der Waals surface area contributed by atoms with Gasteiger partial charge in [0.25, 0.3) is 5.91 Å². The number of imide groups is 1. The number of hydrogen-bond acceptors (Lipinski definition) is 5. The van der Waals surface area contributed by atoms with Gasteiger partial charge in [-0.25, -0.2) is 4.79 Å². The van der Waals surface area contributed by atoms with E-state index in [4.69, 9.17) is 10.2 Å². The molecule has 4 amide bonds. The van der Waals surface area contributed by atoms with Crippen LogP contribution in [0.1, 0.15) is 11.3 Å². The molecule has 2 heterocycles. The summed E-state index contributed by atoms with van der Waals surface area (Å²) in [6, 6.07) is 19.4. The molecule has 0 atom stereocenters. The fourth-order valence-corrected chi connectivity index (χ4v) is 3.14. The molecule has 156 valence electrons. The first kappa shape index (κ1) is 20.1. The van der Waals surface area contributed by atoms with Crippen molar-refractivity contribution in [3.05, 3.63) is 83.8 Å². The number of nitrogens with zero attached hydrogens (tertiary/aromatic N) is 1. The van der Waals surface area contributed by atoms with Gasteiger partial charge in [-0.2, -0.15) is 0 Å². The Morgan fingerprint density at radius 3 is 2.48 bits per heavy atom. The summed E-state index contributed by atoms with van der Waals surface area (Å²) in [7, 11) is 0. The topological polar surface area (TPSA) is 118 Å². The quantitative estimate of drug-likeness (QED) is 0.422. The Bertz CT molecular complexity index is 1150. The zero-order valence-electron chi connectivity index (χ0n) is 16.5. The molecule has 1 aromatic heterocycles. The molecule has 0 spiro atoms. The number of anilines is 1. The van der Waals surface area contributed by atoms with E-state index < -0.39 is 11.9 Å². The van der Waals surface area contributed by atoms with Crippen LogP contribution >= 0.6 is 0 Å². The Morgan fingerprint density at radius 1 is 1.03 bits per heavy atom. The second-order valence-corrected chi connectivity index (χ2v) is 6.90. The third kappa shape index (κ3) is 4.54. The first-order chi connectivity index (χ1) is 15.0. The van der Waals surface area contributed by atoms with E-state index in [0.717, 1.165) is 16.0 Å². The van der Waals surface area contributed by atoms with Crippen LogP contribution in [0.25, 0.3) is 17.4 Å². The van der Waals surface area contributed by atoms with Crippen LogP contribution in [-0.2, 0) is 16.1 Å². The number of furan rings is 1. The van der Waals surface area contributed by atoms with Gasteiger partial charge < -0.3 is 20.8 Å². The molecule has 8 heteroatoms. The molecule has 4 N–H and O–H groups in total. The molecule has 1 saturated heterocycles. The number of urea groups is 1. The van der Waals surface area contributed by atoms with Crippen molar-refractivity contribution in [1.29, 1.82) is 0 Å². The Morgan fingerprint density at radius 2 is 1.77 bits per heavy atom. The van der Waals surface area contributed by atoms with E-state index in [-0.39, 0.29) is 24.7 Å². The van der Waals surface area contributed by atoms with Crippen LogP contribution in [0.5, 0.6) is 0 Å². The van der Waals surface area contributed by atoms with E-state index in [1.807, 2.05) is 30.3 Å². The van der Waals surface area contributed by atoms with Gasteiger partial charge in [0.1, 0.15) is 17.2 Å². The summed E-state index contributed by atoms with van der Waals surface area (Å²) in [5.74, 6) is 0.332. The number of hydrogen-bond donors (Lipinski definition) is 3. The molecule has 8 nitrogen and oxygen atoms in total. The van der Waals surface area contributed by atoms with Gasteiger partial charge in [-0.15, -0.1) is 0 Å².